The van der Waals surface area contributed by atoms with Crippen molar-refractivity contribution in [2.75, 3.05) is 0 Å². The number of fused-ring (bicyclic) bond motifs is 2. The predicted octanol–water partition coefficient (Wildman–Crippen LogP) is 3.41. The maximum absolute atomic E-state index is 12.7. The number of aliphatic carboxylic acids is 1. The van der Waals surface area contributed by atoms with E-state index in [-0.39, 0.29) is 18.9 Å². The van der Waals surface area contributed by atoms with Crippen molar-refractivity contribution in [3.63, 3.8) is 0 Å². The van der Waals surface area contributed by atoms with E-state index in [9.17, 15) is 19.5 Å². The Morgan fingerprint density at radius 3 is 2.72 bits per heavy atom. The zero-order valence-electron chi connectivity index (χ0n) is 18.6. The zero-order chi connectivity index (χ0) is 23.8. The van der Waals surface area contributed by atoms with Gasteiger partial charge < -0.3 is 24.4 Å². The van der Waals surface area contributed by atoms with E-state index in [0.717, 1.165) is 0 Å². The van der Waals surface area contributed by atoms with Crippen molar-refractivity contribution in [3.05, 3.63) is 34.4 Å². The van der Waals surface area contributed by atoms with E-state index in [2.05, 4.69) is 0 Å². The zero-order valence-corrected chi connectivity index (χ0v) is 19.3. The number of aliphatic hydroxyl groups excluding tert-OH is 1. The third-order valence-electron chi connectivity index (χ3n) is 5.37. The molecule has 2 rings (SSSR count). The summed E-state index contributed by atoms with van der Waals surface area (Å²) in [4.78, 5) is 35.1. The highest BCUT2D eigenvalue weighted by molar-refractivity contribution is 6.29. The van der Waals surface area contributed by atoms with Crippen LogP contribution in [-0.4, -0.2) is 58.6 Å². The van der Waals surface area contributed by atoms with E-state index >= 15 is 0 Å². The topological polar surface area (TPSA) is 119 Å². The van der Waals surface area contributed by atoms with Crippen LogP contribution in [0.4, 0.5) is 0 Å². The molecule has 0 radical (unpaired) electrons. The first-order valence-corrected chi connectivity index (χ1v) is 11.0. The summed E-state index contributed by atoms with van der Waals surface area (Å²) in [6.07, 6.45) is 3.01. The molecule has 0 aromatic heterocycles. The molecule has 2 bridgehead atoms. The van der Waals surface area contributed by atoms with Crippen LogP contribution in [0.1, 0.15) is 59.3 Å². The second-order valence-corrected chi connectivity index (χ2v) is 8.72. The predicted molar refractivity (Wildman–Crippen MR) is 117 cm³/mol. The molecule has 0 saturated carbocycles. The van der Waals surface area contributed by atoms with Crippen molar-refractivity contribution in [1.29, 1.82) is 0 Å². The summed E-state index contributed by atoms with van der Waals surface area (Å²) in [5, 5.41) is 20.3. The van der Waals surface area contributed by atoms with Crippen LogP contribution < -0.4 is 0 Å². The van der Waals surface area contributed by atoms with E-state index in [1.54, 1.807) is 13.8 Å². The van der Waals surface area contributed by atoms with Gasteiger partial charge >= 0.3 is 17.9 Å². The lowest BCUT2D eigenvalue weighted by Gasteiger charge is -2.24. The first-order chi connectivity index (χ1) is 15.0. The second kappa shape index (κ2) is 12.2. The van der Waals surface area contributed by atoms with Crippen LogP contribution in [0.2, 0.25) is 0 Å². The van der Waals surface area contributed by atoms with Crippen molar-refractivity contribution >= 4 is 29.5 Å². The molecule has 178 valence electrons. The van der Waals surface area contributed by atoms with Gasteiger partial charge in [-0.15, -0.1) is 0 Å². The smallest absolute Gasteiger partial charge is 0.310 e. The van der Waals surface area contributed by atoms with Crippen LogP contribution in [0.25, 0.3) is 0 Å². The fourth-order valence-electron chi connectivity index (χ4n) is 3.81. The van der Waals surface area contributed by atoms with Gasteiger partial charge in [-0.05, 0) is 38.7 Å². The van der Waals surface area contributed by atoms with Gasteiger partial charge in [-0.25, -0.2) is 0 Å². The van der Waals surface area contributed by atoms with Crippen molar-refractivity contribution in [1.82, 2.24) is 0 Å². The minimum atomic E-state index is -1.15. The van der Waals surface area contributed by atoms with E-state index in [1.807, 2.05) is 12.2 Å². The second-order valence-electron chi connectivity index (χ2n) is 8.24. The monoisotopic (exact) mass is 470 g/mol. The number of aliphatic hydroxyl groups is 1. The average molecular weight is 471 g/mol. The molecule has 2 aliphatic heterocycles. The van der Waals surface area contributed by atoms with Gasteiger partial charge in [-0.3, -0.25) is 14.4 Å². The highest BCUT2D eigenvalue weighted by Gasteiger charge is 2.41. The molecule has 2 aliphatic rings. The normalized spacial score (nSPS) is 31.9. The molecule has 32 heavy (non-hydrogen) atoms. The molecule has 0 spiro atoms. The highest BCUT2D eigenvalue weighted by Crippen LogP contribution is 2.31. The number of allylic oxidation sites excluding steroid dienone is 3. The molecular weight excluding hydrogens is 440 g/mol. The number of hydrogen-bond acceptors (Lipinski definition) is 7. The molecule has 2 N–H and O–H groups in total. The van der Waals surface area contributed by atoms with E-state index < -0.39 is 42.3 Å². The van der Waals surface area contributed by atoms with E-state index in [1.165, 1.54) is 13.0 Å². The Morgan fingerprint density at radius 2 is 2.06 bits per heavy atom. The molecule has 0 amide bonds. The molecule has 5 atom stereocenters. The van der Waals surface area contributed by atoms with Crippen LogP contribution in [0.5, 0.6) is 0 Å². The Kier molecular flexibility index (Phi) is 9.93. The Bertz CT molecular complexity index is 800. The fraction of sp³-hybridized carbons (Fsp3) is 0.609. The maximum Gasteiger partial charge on any atom is 0.310 e. The maximum atomic E-state index is 12.7. The first kappa shape index (κ1) is 26.1. The van der Waals surface area contributed by atoms with E-state index in [0.29, 0.717) is 41.9 Å². The number of hydrogen-bond donors (Lipinski definition) is 2. The van der Waals surface area contributed by atoms with Gasteiger partial charge in [0.15, 0.2) is 0 Å². The van der Waals surface area contributed by atoms with Crippen molar-refractivity contribution in [2.45, 2.75) is 89.8 Å². The van der Waals surface area contributed by atoms with Crippen LogP contribution in [0.3, 0.4) is 0 Å². The molecule has 2 heterocycles. The van der Waals surface area contributed by atoms with Gasteiger partial charge in [-0.1, -0.05) is 35.4 Å². The number of carboxylic acid groups (broad SMARTS) is 1. The lowest BCUT2D eigenvalue weighted by atomic mass is 10.0. The average Bonchev–Trinajstić information content (AvgIpc) is 3.06. The van der Waals surface area contributed by atoms with Gasteiger partial charge in [0, 0.05) is 18.4 Å². The largest absolute Gasteiger partial charge is 0.481 e. The first-order valence-electron chi connectivity index (χ1n) is 10.7. The number of ether oxygens (including phenoxy) is 3. The minimum Gasteiger partial charge on any atom is -0.481 e. The van der Waals surface area contributed by atoms with Crippen LogP contribution in [0.15, 0.2) is 34.4 Å². The molecule has 0 aromatic carbocycles. The third-order valence-corrected chi connectivity index (χ3v) is 5.71. The number of halogens is 1. The van der Waals surface area contributed by atoms with Gasteiger partial charge in [0.1, 0.15) is 24.4 Å². The van der Waals surface area contributed by atoms with Crippen molar-refractivity contribution in [2.24, 2.45) is 0 Å². The van der Waals surface area contributed by atoms with Crippen molar-refractivity contribution < 1.29 is 38.8 Å². The van der Waals surface area contributed by atoms with Gasteiger partial charge in [-0.2, -0.15) is 0 Å². The molecule has 0 aromatic rings. The lowest BCUT2D eigenvalue weighted by molar-refractivity contribution is -0.159. The third kappa shape index (κ3) is 8.41. The Balaban J connectivity index is 2.25. The van der Waals surface area contributed by atoms with E-state index in [4.69, 9.17) is 30.9 Å². The Labute approximate surface area is 192 Å². The molecule has 1 fully saturated rings. The van der Waals surface area contributed by atoms with Crippen LogP contribution in [0, 0.1) is 0 Å². The molecule has 8 nitrogen and oxygen atoms in total. The Hall–Kier alpha value is -2.16. The number of carbonyl (C=O) groups is 3. The molecule has 0 aliphatic carbocycles. The summed E-state index contributed by atoms with van der Waals surface area (Å²) in [6, 6.07) is 0. The summed E-state index contributed by atoms with van der Waals surface area (Å²) in [5.74, 6) is -2.10. The Morgan fingerprint density at radius 1 is 1.34 bits per heavy atom. The summed E-state index contributed by atoms with van der Waals surface area (Å²) < 4.78 is 16.9. The summed E-state index contributed by atoms with van der Waals surface area (Å²) in [5.41, 5.74) is 1.17. The fourth-order valence-corrected chi connectivity index (χ4v) is 4.01. The number of rotatable bonds is 5. The quantitative estimate of drug-likeness (QED) is 0.463. The van der Waals surface area contributed by atoms with Crippen LogP contribution in [-0.2, 0) is 28.6 Å². The summed E-state index contributed by atoms with van der Waals surface area (Å²) in [6.45, 7) is 4.64. The van der Waals surface area contributed by atoms with Crippen LogP contribution >= 0.6 is 11.6 Å². The standard InChI is InChI=1S/C23H31ClO8/c1-13(10-21(27)28)9-18(26)23-20-11-17(31-23)8-7-16(24)6-4-5-14(2)19(30-15(3)25)12-22(29)32-20/h5-6,9,17-20,23,26H,4,7-8,10-12H2,1-3H3,(H,27,28)/b13-9+,14-5-,16-6-. The number of carbonyl (C=O) groups excluding carboxylic acids is 2. The summed E-state index contributed by atoms with van der Waals surface area (Å²) >= 11 is 6.32. The highest BCUT2D eigenvalue weighted by atomic mass is 35.5. The van der Waals surface area contributed by atoms with Gasteiger partial charge in [0.2, 0.25) is 0 Å². The molecule has 1 saturated heterocycles. The van der Waals surface area contributed by atoms with Crippen molar-refractivity contribution in [3.8, 4) is 0 Å². The molecule has 9 heteroatoms. The molecular formula is C23H31ClO8. The number of esters is 2. The van der Waals surface area contributed by atoms with Gasteiger partial charge in [0.25, 0.3) is 0 Å². The lowest BCUT2D eigenvalue weighted by Crippen LogP contribution is -2.37. The van der Waals surface area contributed by atoms with Gasteiger partial charge in [0.05, 0.1) is 18.9 Å². The molecule has 5 unspecified atom stereocenters. The SMILES string of the molecule is CC(=O)OC1CC(=O)OC2CC(CC/C(Cl)=C/C/C=C\1C)OC2C(O)/C=C(\C)CC(=O)O. The summed E-state index contributed by atoms with van der Waals surface area (Å²) in [7, 11) is 0. The number of carboxylic acids is 1. The minimum absolute atomic E-state index is 0.169.